The highest BCUT2D eigenvalue weighted by molar-refractivity contribution is 5.98. The van der Waals surface area contributed by atoms with E-state index in [0.717, 1.165) is 54.1 Å². The lowest BCUT2D eigenvalue weighted by molar-refractivity contribution is -0.0505. The Kier molecular flexibility index (Phi) is 6.31. The van der Waals surface area contributed by atoms with Gasteiger partial charge >= 0.3 is 6.61 Å². The van der Waals surface area contributed by atoms with E-state index in [1.807, 2.05) is 30.7 Å². The molecule has 10 nitrogen and oxygen atoms in total. The van der Waals surface area contributed by atoms with Crippen molar-refractivity contribution in [1.29, 1.82) is 0 Å². The van der Waals surface area contributed by atoms with E-state index >= 15 is 0 Å². The van der Waals surface area contributed by atoms with Crippen LogP contribution in [-0.4, -0.2) is 93.4 Å². The normalized spacial score (nSPS) is 20.5. The van der Waals surface area contributed by atoms with E-state index in [9.17, 15) is 18.7 Å². The van der Waals surface area contributed by atoms with Crippen LogP contribution in [0.4, 0.5) is 14.7 Å². The van der Waals surface area contributed by atoms with E-state index in [1.165, 1.54) is 6.07 Å². The lowest BCUT2D eigenvalue weighted by atomic mass is 9.88. The summed E-state index contributed by atoms with van der Waals surface area (Å²) in [7, 11) is 1.73. The van der Waals surface area contributed by atoms with Gasteiger partial charge in [0.05, 0.1) is 23.9 Å². The van der Waals surface area contributed by atoms with Crippen LogP contribution in [0.5, 0.6) is 5.75 Å². The molecule has 2 unspecified atom stereocenters. The van der Waals surface area contributed by atoms with E-state index in [2.05, 4.69) is 19.8 Å². The van der Waals surface area contributed by atoms with Gasteiger partial charge in [-0.2, -0.15) is 13.9 Å². The number of hydrogen-bond donors (Lipinski definition) is 1. The average Bonchev–Trinajstić information content (AvgIpc) is 3.51. The Morgan fingerprint density at radius 2 is 1.85 bits per heavy atom. The van der Waals surface area contributed by atoms with Crippen LogP contribution in [0.3, 0.4) is 0 Å². The zero-order chi connectivity index (χ0) is 28.2. The Morgan fingerprint density at radius 1 is 1.07 bits per heavy atom. The van der Waals surface area contributed by atoms with Crippen LogP contribution >= 0.6 is 0 Å². The highest BCUT2D eigenvalue weighted by atomic mass is 19.3. The van der Waals surface area contributed by atoms with Gasteiger partial charge in [0, 0.05) is 86.5 Å². The van der Waals surface area contributed by atoms with Crippen molar-refractivity contribution in [2.45, 2.75) is 25.0 Å². The molecule has 7 rings (SSSR count). The van der Waals surface area contributed by atoms with Crippen molar-refractivity contribution in [2.75, 3.05) is 51.3 Å². The number of aliphatic hydroxyl groups excluding tert-OH is 1. The molecule has 5 heterocycles. The van der Waals surface area contributed by atoms with Crippen molar-refractivity contribution in [3.8, 4) is 16.9 Å². The molecule has 1 fully saturated rings. The fourth-order valence-corrected chi connectivity index (χ4v) is 6.49. The Morgan fingerprint density at radius 3 is 2.59 bits per heavy atom. The Bertz CT molecular complexity index is 1620. The number of nitrogens with zero attached hydrogens (tertiary/aromatic N) is 7. The van der Waals surface area contributed by atoms with Crippen molar-refractivity contribution in [3.63, 3.8) is 0 Å². The number of ether oxygens (including phenoxy) is 1. The second-order valence-electron chi connectivity index (χ2n) is 10.7. The van der Waals surface area contributed by atoms with Gasteiger partial charge in [0.15, 0.2) is 0 Å². The molecule has 2 atom stereocenters. The standard InChI is InChI=1S/C29H29F2N7O3/c1-35-22-14-20(24-19(27(35)40)3-2-4-23(24)41-28(30)31)25-21-13-17(5-6-38(21)34-26(22)25)18-15-32-29(33-16-18)37-9-7-36(8-10-37)11-12-39/h2-6,13,15-16,20,22,28,39H,7-12,14H2,1H3. The first-order chi connectivity index (χ1) is 19.9. The number of carbonyl (C=O) groups excluding carboxylic acids is 1. The summed E-state index contributed by atoms with van der Waals surface area (Å²) in [6.45, 7) is 1.13. The summed E-state index contributed by atoms with van der Waals surface area (Å²) >= 11 is 0. The number of carbonyl (C=O) groups is 1. The molecule has 2 bridgehead atoms. The van der Waals surface area contributed by atoms with Gasteiger partial charge in [-0.1, -0.05) is 6.07 Å². The van der Waals surface area contributed by atoms with Crippen molar-refractivity contribution < 1.29 is 23.4 Å². The number of β-amino-alcohol motifs (C(OH)–C–C–N with tert-alkyl or cyclic N) is 1. The lowest BCUT2D eigenvalue weighted by Crippen LogP contribution is -2.47. The third-order valence-electron chi connectivity index (χ3n) is 8.52. The van der Waals surface area contributed by atoms with Gasteiger partial charge in [-0.3, -0.25) is 9.69 Å². The zero-order valence-electron chi connectivity index (χ0n) is 22.5. The van der Waals surface area contributed by atoms with Gasteiger partial charge in [-0.05, 0) is 36.2 Å². The number of hydrogen-bond acceptors (Lipinski definition) is 8. The lowest BCUT2D eigenvalue weighted by Gasteiger charge is -2.34. The summed E-state index contributed by atoms with van der Waals surface area (Å²) in [4.78, 5) is 28.6. The van der Waals surface area contributed by atoms with Crippen molar-refractivity contribution in [2.24, 2.45) is 0 Å². The first-order valence-corrected chi connectivity index (χ1v) is 13.7. The number of aromatic nitrogens is 4. The summed E-state index contributed by atoms with van der Waals surface area (Å²) in [5.41, 5.74) is 5.14. The first kappa shape index (κ1) is 25.8. The van der Waals surface area contributed by atoms with Crippen LogP contribution in [0.25, 0.3) is 16.6 Å². The predicted molar refractivity (Wildman–Crippen MR) is 146 cm³/mol. The summed E-state index contributed by atoms with van der Waals surface area (Å²) in [5.74, 6) is 0.131. The number of alkyl halides is 2. The molecule has 0 radical (unpaired) electrons. The fourth-order valence-electron chi connectivity index (χ4n) is 6.49. The van der Waals surface area contributed by atoms with Crippen molar-refractivity contribution in [3.05, 3.63) is 71.3 Å². The van der Waals surface area contributed by atoms with E-state index in [-0.39, 0.29) is 30.2 Å². The molecule has 3 aliphatic rings. The minimum absolute atomic E-state index is 0.0226. The third kappa shape index (κ3) is 4.29. The molecule has 1 aliphatic carbocycles. The summed E-state index contributed by atoms with van der Waals surface area (Å²) in [6.07, 6.45) is 6.03. The molecule has 212 valence electrons. The molecule has 3 aromatic heterocycles. The fraction of sp³-hybridized carbons (Fsp3) is 0.379. The molecular formula is C29H29F2N7O3. The number of anilines is 1. The van der Waals surface area contributed by atoms with Crippen LogP contribution < -0.4 is 9.64 Å². The van der Waals surface area contributed by atoms with Gasteiger partial charge in [0.1, 0.15) is 5.75 Å². The van der Waals surface area contributed by atoms with Gasteiger partial charge in [0.25, 0.3) is 5.91 Å². The monoisotopic (exact) mass is 561 g/mol. The molecule has 1 saturated heterocycles. The molecule has 1 N–H and O–H groups in total. The maximum atomic E-state index is 13.4. The summed E-state index contributed by atoms with van der Waals surface area (Å²) < 4.78 is 33.4. The molecule has 41 heavy (non-hydrogen) atoms. The van der Waals surface area contributed by atoms with Gasteiger partial charge in [0.2, 0.25) is 5.95 Å². The van der Waals surface area contributed by atoms with Crippen LogP contribution in [-0.2, 0) is 0 Å². The van der Waals surface area contributed by atoms with Crippen molar-refractivity contribution >= 4 is 17.4 Å². The van der Waals surface area contributed by atoms with Crippen LogP contribution in [0.2, 0.25) is 0 Å². The smallest absolute Gasteiger partial charge is 0.387 e. The molecule has 0 saturated carbocycles. The Balaban J connectivity index is 1.25. The maximum absolute atomic E-state index is 13.4. The second kappa shape index (κ2) is 10.0. The molecule has 12 heteroatoms. The number of piperazine rings is 1. The minimum atomic E-state index is -3.00. The first-order valence-electron chi connectivity index (χ1n) is 13.7. The van der Waals surface area contributed by atoms with Crippen LogP contribution in [0.15, 0.2) is 48.9 Å². The average molecular weight is 562 g/mol. The number of benzene rings is 1. The van der Waals surface area contributed by atoms with E-state index in [0.29, 0.717) is 30.0 Å². The third-order valence-corrected chi connectivity index (χ3v) is 8.52. The van der Waals surface area contributed by atoms with Gasteiger partial charge < -0.3 is 19.6 Å². The quantitative estimate of drug-likeness (QED) is 0.384. The van der Waals surface area contributed by atoms with Gasteiger partial charge in [-0.25, -0.2) is 14.5 Å². The minimum Gasteiger partial charge on any atom is -0.434 e. The van der Waals surface area contributed by atoms with E-state index < -0.39 is 6.61 Å². The number of rotatable bonds is 6. The number of pyridine rings is 1. The summed E-state index contributed by atoms with van der Waals surface area (Å²) in [6, 6.07) is 8.44. The van der Waals surface area contributed by atoms with Crippen molar-refractivity contribution in [1.82, 2.24) is 29.4 Å². The molecule has 1 aromatic carbocycles. The SMILES string of the molecule is CN1C(=O)c2cccc(OC(F)F)c2C2CC1c1nn3ccc(-c4cnc(N5CCN(CCO)CC5)nc4)cc3c12. The zero-order valence-corrected chi connectivity index (χ0v) is 22.5. The number of aliphatic hydroxyl groups is 1. The topological polar surface area (TPSA) is 99.3 Å². The van der Waals surface area contributed by atoms with E-state index in [1.54, 1.807) is 28.6 Å². The maximum Gasteiger partial charge on any atom is 0.387 e. The largest absolute Gasteiger partial charge is 0.434 e. The number of fused-ring (bicyclic) bond motifs is 9. The Labute approximate surface area is 234 Å². The second-order valence-corrected chi connectivity index (χ2v) is 10.7. The molecule has 2 aliphatic heterocycles. The predicted octanol–water partition coefficient (Wildman–Crippen LogP) is 3.17. The van der Waals surface area contributed by atoms with E-state index in [4.69, 9.17) is 9.84 Å². The molecule has 4 aromatic rings. The Hall–Kier alpha value is -4.16. The molecule has 1 amide bonds. The van der Waals surface area contributed by atoms with Crippen LogP contribution in [0, 0.1) is 0 Å². The van der Waals surface area contributed by atoms with Gasteiger partial charge in [-0.15, -0.1) is 0 Å². The number of halogens is 2. The van der Waals surface area contributed by atoms with Crippen LogP contribution in [0.1, 0.15) is 45.6 Å². The highest BCUT2D eigenvalue weighted by Gasteiger charge is 2.46. The highest BCUT2D eigenvalue weighted by Crippen LogP contribution is 2.53. The number of amides is 1. The summed E-state index contributed by atoms with van der Waals surface area (Å²) in [5, 5.41) is 14.0. The molecular weight excluding hydrogens is 532 g/mol. The molecule has 0 spiro atoms.